The van der Waals surface area contributed by atoms with Crippen LogP contribution in [0.2, 0.25) is 0 Å². The van der Waals surface area contributed by atoms with Crippen LogP contribution >= 0.6 is 0 Å². The molecule has 200 valence electrons. The standard InChI is InChI=1S/C30H36N4O4/c1-30(2,3)23-10-7-21(8-11-23)28(35)32-24-12-14-27(31-20-24)33-15-6-16-34(18-17-33)29(36)22-9-13-25(37-4)26(19-22)38-5/h7-14,19-20H,6,15-18H2,1-5H3,(H,32,35). The number of methoxy groups -OCH3 is 2. The van der Waals surface area contributed by atoms with Crippen molar-refractivity contribution in [2.75, 3.05) is 50.6 Å². The minimum Gasteiger partial charge on any atom is -0.493 e. The van der Waals surface area contributed by atoms with Gasteiger partial charge in [0, 0.05) is 37.3 Å². The van der Waals surface area contributed by atoms with Gasteiger partial charge in [0.1, 0.15) is 5.82 Å². The van der Waals surface area contributed by atoms with Crippen molar-refractivity contribution in [1.29, 1.82) is 0 Å². The Balaban J connectivity index is 1.36. The van der Waals surface area contributed by atoms with Crippen LogP contribution in [-0.4, -0.2) is 62.1 Å². The molecule has 3 aromatic rings. The molecule has 1 saturated heterocycles. The Morgan fingerprint density at radius 1 is 0.842 bits per heavy atom. The highest BCUT2D eigenvalue weighted by Crippen LogP contribution is 2.28. The number of hydrogen-bond acceptors (Lipinski definition) is 6. The molecule has 4 rings (SSSR count). The second-order valence-corrected chi connectivity index (χ2v) is 10.4. The van der Waals surface area contributed by atoms with Crippen LogP contribution in [0.4, 0.5) is 11.5 Å². The summed E-state index contributed by atoms with van der Waals surface area (Å²) in [7, 11) is 3.13. The lowest BCUT2D eigenvalue weighted by molar-refractivity contribution is 0.0766. The number of carbonyl (C=O) groups excluding carboxylic acids is 2. The first-order chi connectivity index (χ1) is 18.2. The van der Waals surface area contributed by atoms with Gasteiger partial charge in [-0.3, -0.25) is 9.59 Å². The third kappa shape index (κ3) is 6.25. The van der Waals surface area contributed by atoms with Crippen LogP contribution in [0, 0.1) is 0 Å². The van der Waals surface area contributed by atoms with Crippen molar-refractivity contribution in [3.05, 3.63) is 77.5 Å². The summed E-state index contributed by atoms with van der Waals surface area (Å²) in [6, 6.07) is 16.7. The Bertz CT molecular complexity index is 1270. The molecule has 1 aliphatic rings. The van der Waals surface area contributed by atoms with Crippen LogP contribution in [0.25, 0.3) is 0 Å². The van der Waals surface area contributed by atoms with Crippen LogP contribution < -0.4 is 19.7 Å². The Morgan fingerprint density at radius 2 is 1.55 bits per heavy atom. The molecule has 2 amide bonds. The average Bonchev–Trinajstić information content (AvgIpc) is 3.18. The topological polar surface area (TPSA) is 84.0 Å². The number of carbonyl (C=O) groups is 2. The van der Waals surface area contributed by atoms with Gasteiger partial charge in [-0.2, -0.15) is 0 Å². The van der Waals surface area contributed by atoms with E-state index in [0.29, 0.717) is 47.9 Å². The van der Waals surface area contributed by atoms with Crippen LogP contribution in [0.3, 0.4) is 0 Å². The van der Waals surface area contributed by atoms with Gasteiger partial charge in [0.2, 0.25) is 0 Å². The summed E-state index contributed by atoms with van der Waals surface area (Å²) in [6.45, 7) is 9.13. The average molecular weight is 517 g/mol. The zero-order valence-corrected chi connectivity index (χ0v) is 22.8. The first-order valence-electron chi connectivity index (χ1n) is 12.8. The number of amides is 2. The highest BCUT2D eigenvalue weighted by atomic mass is 16.5. The number of benzene rings is 2. The maximum absolute atomic E-state index is 13.2. The van der Waals surface area contributed by atoms with Gasteiger partial charge in [0.05, 0.1) is 26.1 Å². The molecule has 38 heavy (non-hydrogen) atoms. The Kier molecular flexibility index (Phi) is 8.20. The summed E-state index contributed by atoms with van der Waals surface area (Å²) < 4.78 is 10.6. The lowest BCUT2D eigenvalue weighted by Crippen LogP contribution is -2.35. The van der Waals surface area contributed by atoms with Gasteiger partial charge in [-0.1, -0.05) is 32.9 Å². The molecule has 0 radical (unpaired) electrons. The summed E-state index contributed by atoms with van der Waals surface area (Å²) in [6.07, 6.45) is 2.50. The summed E-state index contributed by atoms with van der Waals surface area (Å²) in [5, 5.41) is 2.92. The minimum atomic E-state index is -0.168. The van der Waals surface area contributed by atoms with Crippen molar-refractivity contribution in [2.45, 2.75) is 32.6 Å². The third-order valence-electron chi connectivity index (χ3n) is 6.76. The lowest BCUT2D eigenvalue weighted by Gasteiger charge is -2.23. The van der Waals surface area contributed by atoms with Crippen LogP contribution in [0.1, 0.15) is 53.5 Å². The molecule has 0 unspecified atom stereocenters. The third-order valence-corrected chi connectivity index (χ3v) is 6.76. The monoisotopic (exact) mass is 516 g/mol. The lowest BCUT2D eigenvalue weighted by atomic mass is 9.87. The number of aromatic nitrogens is 1. The van der Waals surface area contributed by atoms with E-state index in [9.17, 15) is 9.59 Å². The number of anilines is 2. The van der Waals surface area contributed by atoms with Crippen LogP contribution in [0.5, 0.6) is 11.5 Å². The van der Waals surface area contributed by atoms with E-state index in [4.69, 9.17) is 9.47 Å². The molecule has 0 aliphatic carbocycles. The van der Waals surface area contributed by atoms with E-state index < -0.39 is 0 Å². The summed E-state index contributed by atoms with van der Waals surface area (Å²) >= 11 is 0. The first kappa shape index (κ1) is 27.0. The van der Waals surface area contributed by atoms with E-state index >= 15 is 0 Å². The van der Waals surface area contributed by atoms with Gasteiger partial charge in [-0.15, -0.1) is 0 Å². The van der Waals surface area contributed by atoms with Gasteiger partial charge in [0.25, 0.3) is 11.8 Å². The number of ether oxygens (including phenoxy) is 2. The maximum atomic E-state index is 13.2. The predicted octanol–water partition coefficient (Wildman–Crippen LogP) is 5.00. The number of rotatable bonds is 6. The molecule has 8 nitrogen and oxygen atoms in total. The molecular formula is C30H36N4O4. The molecule has 0 bridgehead atoms. The molecule has 1 fully saturated rings. The van der Waals surface area contributed by atoms with E-state index in [1.807, 2.05) is 41.3 Å². The molecule has 0 saturated carbocycles. The molecule has 8 heteroatoms. The van der Waals surface area contributed by atoms with Crippen LogP contribution in [0.15, 0.2) is 60.8 Å². The first-order valence-corrected chi connectivity index (χ1v) is 12.8. The molecule has 0 atom stereocenters. The van der Waals surface area contributed by atoms with Crippen LogP contribution in [-0.2, 0) is 5.41 Å². The number of pyridine rings is 1. The van der Waals surface area contributed by atoms with Crippen molar-refractivity contribution in [3.8, 4) is 11.5 Å². The summed E-state index contributed by atoms with van der Waals surface area (Å²) in [4.78, 5) is 34.5. The number of nitrogens with zero attached hydrogens (tertiary/aromatic N) is 3. The maximum Gasteiger partial charge on any atom is 0.255 e. The summed E-state index contributed by atoms with van der Waals surface area (Å²) in [5.74, 6) is 1.75. The summed E-state index contributed by atoms with van der Waals surface area (Å²) in [5.41, 5.74) is 3.03. The second-order valence-electron chi connectivity index (χ2n) is 10.4. The SMILES string of the molecule is COc1ccc(C(=O)N2CCCN(c3ccc(NC(=O)c4ccc(C(C)(C)C)cc4)cn3)CC2)cc1OC. The van der Waals surface area contributed by atoms with Crippen molar-refractivity contribution >= 4 is 23.3 Å². The fourth-order valence-corrected chi connectivity index (χ4v) is 4.47. The van der Waals surface area contributed by atoms with Gasteiger partial charge in [-0.25, -0.2) is 4.98 Å². The Hall–Kier alpha value is -4.07. The highest BCUT2D eigenvalue weighted by Gasteiger charge is 2.22. The van der Waals surface area contributed by atoms with Gasteiger partial charge < -0.3 is 24.6 Å². The Labute approximate surface area is 224 Å². The largest absolute Gasteiger partial charge is 0.493 e. The smallest absolute Gasteiger partial charge is 0.255 e. The minimum absolute atomic E-state index is 0.0330. The van der Waals surface area contributed by atoms with Gasteiger partial charge in [0.15, 0.2) is 11.5 Å². The number of hydrogen-bond donors (Lipinski definition) is 1. The molecule has 0 spiro atoms. The van der Waals surface area contributed by atoms with Crippen molar-refractivity contribution in [3.63, 3.8) is 0 Å². The molecular weight excluding hydrogens is 480 g/mol. The molecule has 2 aromatic carbocycles. The zero-order valence-electron chi connectivity index (χ0n) is 22.8. The molecule has 2 heterocycles. The second kappa shape index (κ2) is 11.5. The fourth-order valence-electron chi connectivity index (χ4n) is 4.47. The number of nitrogens with one attached hydrogen (secondary N) is 1. The van der Waals surface area contributed by atoms with E-state index in [1.165, 1.54) is 5.56 Å². The van der Waals surface area contributed by atoms with E-state index in [0.717, 1.165) is 18.8 Å². The van der Waals surface area contributed by atoms with Crippen molar-refractivity contribution < 1.29 is 19.1 Å². The normalized spacial score (nSPS) is 14.0. The fraction of sp³-hybridized carbons (Fsp3) is 0.367. The predicted molar refractivity (Wildman–Crippen MR) is 150 cm³/mol. The molecule has 1 N–H and O–H groups in total. The van der Waals surface area contributed by atoms with Crippen molar-refractivity contribution in [1.82, 2.24) is 9.88 Å². The van der Waals surface area contributed by atoms with Gasteiger partial charge in [-0.05, 0) is 59.9 Å². The zero-order chi connectivity index (χ0) is 27.3. The van der Waals surface area contributed by atoms with Gasteiger partial charge >= 0.3 is 0 Å². The highest BCUT2D eigenvalue weighted by molar-refractivity contribution is 6.04. The Morgan fingerprint density at radius 3 is 2.18 bits per heavy atom. The van der Waals surface area contributed by atoms with E-state index in [1.54, 1.807) is 38.6 Å². The van der Waals surface area contributed by atoms with Crippen molar-refractivity contribution in [2.24, 2.45) is 0 Å². The molecule has 1 aromatic heterocycles. The van der Waals surface area contributed by atoms with E-state index in [-0.39, 0.29) is 17.2 Å². The van der Waals surface area contributed by atoms with E-state index in [2.05, 4.69) is 36.0 Å². The molecule has 1 aliphatic heterocycles. The quantitative estimate of drug-likeness (QED) is 0.496.